The minimum atomic E-state index is -1.52. The zero-order chi connectivity index (χ0) is 22.1. The van der Waals surface area contributed by atoms with Crippen molar-refractivity contribution in [2.24, 2.45) is 0 Å². The van der Waals surface area contributed by atoms with Gasteiger partial charge in [0.25, 0.3) is 0 Å². The highest BCUT2D eigenvalue weighted by molar-refractivity contribution is 5.40. The number of nitrogens with one attached hydrogen (secondary N) is 1. The SMILES string of the molecule is COc1ccc(Cc2c(O[C@@H]3O[C@H](CO)[C@@H](O)[C@H](O)[C@H]3O)n[nH]c2C(C)(C)C)cc1. The lowest BCUT2D eigenvalue weighted by Crippen LogP contribution is -2.60. The van der Waals surface area contributed by atoms with Crippen LogP contribution in [0.4, 0.5) is 0 Å². The average Bonchev–Trinajstić information content (AvgIpc) is 3.11. The molecule has 0 saturated carbocycles. The molecule has 2 heterocycles. The van der Waals surface area contributed by atoms with Crippen LogP contribution in [0.15, 0.2) is 24.3 Å². The first-order valence-electron chi connectivity index (χ1n) is 9.83. The van der Waals surface area contributed by atoms with Crippen LogP contribution < -0.4 is 9.47 Å². The predicted octanol–water partition coefficient (Wildman–Crippen LogP) is 0.485. The zero-order valence-corrected chi connectivity index (χ0v) is 17.6. The van der Waals surface area contributed by atoms with Gasteiger partial charge >= 0.3 is 0 Å². The van der Waals surface area contributed by atoms with E-state index in [0.29, 0.717) is 6.42 Å². The third-order valence-electron chi connectivity index (χ3n) is 5.20. The highest BCUT2D eigenvalue weighted by Gasteiger charge is 2.45. The molecule has 166 valence electrons. The third kappa shape index (κ3) is 4.60. The quantitative estimate of drug-likeness (QED) is 0.453. The highest BCUT2D eigenvalue weighted by atomic mass is 16.7. The van der Waals surface area contributed by atoms with Crippen molar-refractivity contribution in [2.75, 3.05) is 13.7 Å². The molecule has 1 aromatic heterocycles. The molecule has 1 aromatic carbocycles. The Morgan fingerprint density at radius 2 is 1.73 bits per heavy atom. The molecule has 5 N–H and O–H groups in total. The molecule has 0 radical (unpaired) electrons. The van der Waals surface area contributed by atoms with Crippen LogP contribution in [0.1, 0.15) is 37.6 Å². The van der Waals surface area contributed by atoms with E-state index >= 15 is 0 Å². The van der Waals surface area contributed by atoms with Crippen LogP contribution in [-0.4, -0.2) is 75.0 Å². The average molecular weight is 422 g/mol. The fourth-order valence-corrected chi connectivity index (χ4v) is 3.45. The van der Waals surface area contributed by atoms with Crippen LogP contribution in [0.5, 0.6) is 11.6 Å². The second-order valence-electron chi connectivity index (χ2n) is 8.47. The Labute approximate surface area is 175 Å². The summed E-state index contributed by atoms with van der Waals surface area (Å²) >= 11 is 0. The van der Waals surface area contributed by atoms with Gasteiger partial charge < -0.3 is 34.6 Å². The van der Waals surface area contributed by atoms with Gasteiger partial charge in [-0.25, -0.2) is 0 Å². The standard InChI is InChI=1S/C21H30N2O7/c1-21(2,3)18-13(9-11-5-7-12(28-4)8-6-11)19(23-22-18)30-20-17(27)16(26)15(25)14(10-24)29-20/h5-8,14-17,20,24-27H,9-10H2,1-4H3,(H,22,23)/t14-,15-,16+,17-,20+/m1/s1. The number of ether oxygens (including phenoxy) is 3. The van der Waals surface area contributed by atoms with Gasteiger partial charge in [-0.05, 0) is 17.7 Å². The van der Waals surface area contributed by atoms with Gasteiger partial charge in [0.05, 0.1) is 13.7 Å². The molecule has 3 rings (SSSR count). The normalized spacial score (nSPS) is 27.1. The molecule has 9 nitrogen and oxygen atoms in total. The Balaban J connectivity index is 1.89. The number of aliphatic hydroxyl groups is 4. The maximum atomic E-state index is 10.3. The lowest BCUT2D eigenvalue weighted by Gasteiger charge is -2.39. The molecule has 0 aliphatic carbocycles. The van der Waals surface area contributed by atoms with Crippen molar-refractivity contribution < 1.29 is 34.6 Å². The van der Waals surface area contributed by atoms with Crippen molar-refractivity contribution in [3.8, 4) is 11.6 Å². The summed E-state index contributed by atoms with van der Waals surface area (Å²) in [4.78, 5) is 0. The maximum Gasteiger partial charge on any atom is 0.238 e. The number of hydrogen-bond donors (Lipinski definition) is 5. The van der Waals surface area contributed by atoms with E-state index in [1.807, 2.05) is 45.0 Å². The summed E-state index contributed by atoms with van der Waals surface area (Å²) in [7, 11) is 1.61. The van der Waals surface area contributed by atoms with Crippen molar-refractivity contribution in [3.05, 3.63) is 41.1 Å². The van der Waals surface area contributed by atoms with Gasteiger partial charge in [0.2, 0.25) is 12.2 Å². The number of nitrogens with zero attached hydrogens (tertiary/aromatic N) is 1. The largest absolute Gasteiger partial charge is 0.497 e. The van der Waals surface area contributed by atoms with Gasteiger partial charge in [-0.15, -0.1) is 5.10 Å². The summed E-state index contributed by atoms with van der Waals surface area (Å²) in [5.74, 6) is 0.972. The lowest BCUT2D eigenvalue weighted by atomic mass is 9.87. The van der Waals surface area contributed by atoms with Crippen LogP contribution in [0.2, 0.25) is 0 Å². The molecule has 0 spiro atoms. The predicted molar refractivity (Wildman–Crippen MR) is 107 cm³/mol. The number of rotatable bonds is 6. The first-order chi connectivity index (χ1) is 14.2. The van der Waals surface area contributed by atoms with Crippen molar-refractivity contribution in [1.82, 2.24) is 10.2 Å². The summed E-state index contributed by atoms with van der Waals surface area (Å²) in [6, 6.07) is 7.61. The Kier molecular flexibility index (Phi) is 6.68. The zero-order valence-electron chi connectivity index (χ0n) is 17.6. The van der Waals surface area contributed by atoms with Crippen LogP contribution in [0, 0.1) is 0 Å². The second-order valence-corrected chi connectivity index (χ2v) is 8.47. The minimum absolute atomic E-state index is 0.222. The maximum absolute atomic E-state index is 10.3. The lowest BCUT2D eigenvalue weighted by molar-refractivity contribution is -0.278. The van der Waals surface area contributed by atoms with Crippen molar-refractivity contribution in [3.63, 3.8) is 0 Å². The molecular weight excluding hydrogens is 392 g/mol. The number of aromatic nitrogens is 2. The number of hydrogen-bond acceptors (Lipinski definition) is 8. The van der Waals surface area contributed by atoms with Crippen molar-refractivity contribution in [1.29, 1.82) is 0 Å². The number of H-pyrrole nitrogens is 1. The van der Waals surface area contributed by atoms with Gasteiger partial charge in [-0.1, -0.05) is 32.9 Å². The van der Waals surface area contributed by atoms with E-state index in [4.69, 9.17) is 14.2 Å². The first kappa shape index (κ1) is 22.5. The number of aromatic amines is 1. The summed E-state index contributed by atoms with van der Waals surface area (Å²) in [6.07, 6.45) is -6.34. The highest BCUT2D eigenvalue weighted by Crippen LogP contribution is 2.33. The molecule has 30 heavy (non-hydrogen) atoms. The topological polar surface area (TPSA) is 137 Å². The van der Waals surface area contributed by atoms with Crippen molar-refractivity contribution >= 4 is 0 Å². The Bertz CT molecular complexity index is 829. The third-order valence-corrected chi connectivity index (χ3v) is 5.20. The number of benzene rings is 1. The summed E-state index contributed by atoms with van der Waals surface area (Å²) in [5.41, 5.74) is 2.38. The fraction of sp³-hybridized carbons (Fsp3) is 0.571. The molecule has 2 aromatic rings. The monoisotopic (exact) mass is 422 g/mol. The Morgan fingerprint density at radius 3 is 2.30 bits per heavy atom. The van der Waals surface area contributed by atoms with E-state index in [-0.39, 0.29) is 11.3 Å². The van der Waals surface area contributed by atoms with Crippen LogP contribution in [-0.2, 0) is 16.6 Å². The van der Waals surface area contributed by atoms with Gasteiger partial charge in [0.1, 0.15) is 30.2 Å². The molecule has 0 unspecified atom stereocenters. The van der Waals surface area contributed by atoms with Crippen LogP contribution in [0.3, 0.4) is 0 Å². The second kappa shape index (κ2) is 8.91. The molecule has 5 atom stereocenters. The summed E-state index contributed by atoms with van der Waals surface area (Å²) in [5, 5.41) is 46.9. The van der Waals surface area contributed by atoms with Gasteiger partial charge in [0, 0.05) is 23.1 Å². The van der Waals surface area contributed by atoms with E-state index in [1.54, 1.807) is 7.11 Å². The molecule has 0 amide bonds. The van der Waals surface area contributed by atoms with Gasteiger partial charge in [-0.2, -0.15) is 0 Å². The van der Waals surface area contributed by atoms with E-state index < -0.39 is 37.3 Å². The molecule has 1 aliphatic heterocycles. The fourth-order valence-electron chi connectivity index (χ4n) is 3.45. The molecule has 1 aliphatic rings. The minimum Gasteiger partial charge on any atom is -0.497 e. The van der Waals surface area contributed by atoms with Gasteiger partial charge in [0.15, 0.2) is 0 Å². The van der Waals surface area contributed by atoms with Crippen molar-refractivity contribution in [2.45, 2.75) is 63.3 Å². The summed E-state index contributed by atoms with van der Waals surface area (Å²) < 4.78 is 16.5. The molecular formula is C21H30N2O7. The van der Waals surface area contributed by atoms with Crippen LogP contribution in [0.25, 0.3) is 0 Å². The van der Waals surface area contributed by atoms with E-state index in [0.717, 1.165) is 22.6 Å². The van der Waals surface area contributed by atoms with Gasteiger partial charge in [-0.3, -0.25) is 5.10 Å². The number of methoxy groups -OCH3 is 1. The Morgan fingerprint density at radius 1 is 1.07 bits per heavy atom. The molecule has 0 bridgehead atoms. The molecule has 1 saturated heterocycles. The molecule has 1 fully saturated rings. The van der Waals surface area contributed by atoms with E-state index in [1.165, 1.54) is 0 Å². The number of aliphatic hydroxyl groups excluding tert-OH is 4. The van der Waals surface area contributed by atoms with E-state index in [2.05, 4.69) is 10.2 Å². The smallest absolute Gasteiger partial charge is 0.238 e. The molecule has 9 heteroatoms. The van der Waals surface area contributed by atoms with E-state index in [9.17, 15) is 20.4 Å². The Hall–Kier alpha value is -2.17. The summed E-state index contributed by atoms with van der Waals surface area (Å²) in [6.45, 7) is 5.58. The van der Waals surface area contributed by atoms with Crippen LogP contribution >= 0.6 is 0 Å². The first-order valence-corrected chi connectivity index (χ1v) is 9.83.